The summed E-state index contributed by atoms with van der Waals surface area (Å²) in [5.41, 5.74) is 0.674. The fraction of sp³-hybridized carbons (Fsp3) is 0.600. The summed E-state index contributed by atoms with van der Waals surface area (Å²) >= 11 is 0. The van der Waals surface area contributed by atoms with E-state index in [-0.39, 0.29) is 5.69 Å². The van der Waals surface area contributed by atoms with Gasteiger partial charge in [-0.1, -0.05) is 25.3 Å². The smallest absolute Gasteiger partial charge is 0.315 e. The molecule has 20 heavy (non-hydrogen) atoms. The van der Waals surface area contributed by atoms with Gasteiger partial charge in [-0.3, -0.25) is 4.40 Å². The van der Waals surface area contributed by atoms with Gasteiger partial charge in [0.15, 0.2) is 5.65 Å². The molecule has 2 heterocycles. The molecule has 2 aromatic rings. The Morgan fingerprint density at radius 2 is 2.15 bits per heavy atom. The van der Waals surface area contributed by atoms with E-state index in [1.54, 1.807) is 15.3 Å². The van der Waals surface area contributed by atoms with E-state index < -0.39 is 0 Å². The van der Waals surface area contributed by atoms with Crippen LogP contribution in [0.5, 0.6) is 0 Å². The van der Waals surface area contributed by atoms with E-state index in [0.29, 0.717) is 18.5 Å². The van der Waals surface area contributed by atoms with Crippen LogP contribution in [0.15, 0.2) is 29.2 Å². The van der Waals surface area contributed by atoms with Crippen LogP contribution in [-0.4, -0.2) is 27.3 Å². The minimum atomic E-state index is -0.0448. The van der Waals surface area contributed by atoms with Gasteiger partial charge in [0.2, 0.25) is 0 Å². The summed E-state index contributed by atoms with van der Waals surface area (Å²) in [7, 11) is 1.99. The number of fused-ring (bicyclic) bond motifs is 1. The summed E-state index contributed by atoms with van der Waals surface area (Å²) in [4.78, 5) is 12.3. The van der Waals surface area contributed by atoms with Crippen LogP contribution in [0.25, 0.3) is 5.65 Å². The molecule has 108 valence electrons. The summed E-state index contributed by atoms with van der Waals surface area (Å²) in [6.45, 7) is 0.654. The van der Waals surface area contributed by atoms with Crippen molar-refractivity contribution in [3.05, 3.63) is 34.9 Å². The van der Waals surface area contributed by atoms with Crippen LogP contribution in [0, 0.1) is 5.92 Å². The third kappa shape index (κ3) is 2.50. The van der Waals surface area contributed by atoms with Crippen molar-refractivity contribution in [1.29, 1.82) is 0 Å². The first kappa shape index (κ1) is 13.4. The van der Waals surface area contributed by atoms with Gasteiger partial charge in [0.1, 0.15) is 0 Å². The number of rotatable bonds is 4. The maximum Gasteiger partial charge on any atom is 0.350 e. The van der Waals surface area contributed by atoms with Gasteiger partial charge in [-0.05, 0) is 37.9 Å². The fourth-order valence-corrected chi connectivity index (χ4v) is 3.29. The van der Waals surface area contributed by atoms with E-state index in [1.165, 1.54) is 32.1 Å². The second kappa shape index (κ2) is 5.79. The Bertz CT molecular complexity index is 624. The van der Waals surface area contributed by atoms with E-state index in [9.17, 15) is 4.79 Å². The number of nitrogens with zero attached hydrogens (tertiary/aromatic N) is 3. The van der Waals surface area contributed by atoms with Crippen LogP contribution in [0.1, 0.15) is 32.1 Å². The first-order chi connectivity index (χ1) is 9.79. The molecule has 1 saturated carbocycles. The van der Waals surface area contributed by atoms with Crippen molar-refractivity contribution in [3.8, 4) is 0 Å². The lowest BCUT2D eigenvalue weighted by atomic mass is 9.84. The highest BCUT2D eigenvalue weighted by Crippen LogP contribution is 2.26. The van der Waals surface area contributed by atoms with Crippen LogP contribution in [0.2, 0.25) is 0 Å². The van der Waals surface area contributed by atoms with Crippen molar-refractivity contribution >= 4 is 5.65 Å². The zero-order valence-corrected chi connectivity index (χ0v) is 12.0. The predicted octanol–water partition coefficient (Wildman–Crippen LogP) is 1.66. The summed E-state index contributed by atoms with van der Waals surface area (Å²) in [5, 5.41) is 7.80. The van der Waals surface area contributed by atoms with Crippen LogP contribution in [-0.2, 0) is 6.54 Å². The molecule has 5 heteroatoms. The van der Waals surface area contributed by atoms with Gasteiger partial charge >= 0.3 is 5.69 Å². The first-order valence-electron chi connectivity index (χ1n) is 7.51. The lowest BCUT2D eigenvalue weighted by Crippen LogP contribution is -2.41. The van der Waals surface area contributed by atoms with E-state index >= 15 is 0 Å². The number of likely N-dealkylation sites (N-methyl/N-ethyl adjacent to an activating group) is 1. The standard InChI is InChI=1S/C15H22N4O/c1-16-13(12-7-3-2-4-8-12)11-19-15(20)18-10-6-5-9-14(18)17-19/h5-6,9-10,12-13,16H,2-4,7-8,11H2,1H3. The van der Waals surface area contributed by atoms with Crippen molar-refractivity contribution in [1.82, 2.24) is 19.5 Å². The molecule has 1 fully saturated rings. The molecule has 0 bridgehead atoms. The zero-order chi connectivity index (χ0) is 13.9. The van der Waals surface area contributed by atoms with E-state index in [0.717, 1.165) is 5.65 Å². The summed E-state index contributed by atoms with van der Waals surface area (Å²) in [5.74, 6) is 0.658. The SMILES string of the molecule is CNC(Cn1nc2ccccn2c1=O)C1CCCCC1. The van der Waals surface area contributed by atoms with Crippen LogP contribution in [0.4, 0.5) is 0 Å². The second-order valence-corrected chi connectivity index (χ2v) is 5.69. The molecule has 0 radical (unpaired) electrons. The van der Waals surface area contributed by atoms with E-state index in [4.69, 9.17) is 0 Å². The monoisotopic (exact) mass is 274 g/mol. The van der Waals surface area contributed by atoms with Gasteiger partial charge in [0.25, 0.3) is 0 Å². The predicted molar refractivity (Wildman–Crippen MR) is 78.9 cm³/mol. The topological polar surface area (TPSA) is 51.3 Å². The van der Waals surface area contributed by atoms with Gasteiger partial charge in [-0.25, -0.2) is 9.48 Å². The van der Waals surface area contributed by atoms with Gasteiger partial charge in [-0.2, -0.15) is 0 Å². The molecule has 0 amide bonds. The Kier molecular flexibility index (Phi) is 3.87. The lowest BCUT2D eigenvalue weighted by molar-refractivity contribution is 0.250. The third-order valence-corrected chi connectivity index (χ3v) is 4.45. The normalized spacial score (nSPS) is 18.4. The zero-order valence-electron chi connectivity index (χ0n) is 12.0. The highest BCUT2D eigenvalue weighted by atomic mass is 16.2. The average molecular weight is 274 g/mol. The van der Waals surface area contributed by atoms with Crippen molar-refractivity contribution in [2.24, 2.45) is 5.92 Å². The Balaban J connectivity index is 1.83. The number of aromatic nitrogens is 3. The molecule has 5 nitrogen and oxygen atoms in total. The van der Waals surface area contributed by atoms with Crippen molar-refractivity contribution in [2.45, 2.75) is 44.7 Å². The molecule has 0 saturated heterocycles. The van der Waals surface area contributed by atoms with E-state index in [1.807, 2.05) is 25.2 Å². The minimum Gasteiger partial charge on any atom is -0.315 e. The molecular weight excluding hydrogens is 252 g/mol. The van der Waals surface area contributed by atoms with Crippen LogP contribution in [0.3, 0.4) is 0 Å². The average Bonchev–Trinajstić information content (AvgIpc) is 2.82. The molecule has 0 spiro atoms. The Morgan fingerprint density at radius 3 is 2.85 bits per heavy atom. The fourth-order valence-electron chi connectivity index (χ4n) is 3.29. The molecule has 1 aliphatic carbocycles. The molecule has 1 atom stereocenters. The van der Waals surface area contributed by atoms with Crippen molar-refractivity contribution in [3.63, 3.8) is 0 Å². The Hall–Kier alpha value is -1.62. The number of hydrogen-bond donors (Lipinski definition) is 1. The molecule has 1 aliphatic rings. The molecule has 1 unspecified atom stereocenters. The van der Waals surface area contributed by atoms with Crippen molar-refractivity contribution < 1.29 is 0 Å². The number of hydrogen-bond acceptors (Lipinski definition) is 3. The third-order valence-electron chi connectivity index (χ3n) is 4.45. The molecule has 0 aliphatic heterocycles. The van der Waals surface area contributed by atoms with Gasteiger partial charge in [0, 0.05) is 12.2 Å². The number of nitrogens with one attached hydrogen (secondary N) is 1. The molecule has 2 aromatic heterocycles. The molecular formula is C15H22N4O. The highest BCUT2D eigenvalue weighted by molar-refractivity contribution is 5.35. The van der Waals surface area contributed by atoms with Crippen LogP contribution < -0.4 is 11.0 Å². The molecule has 0 aromatic carbocycles. The Labute approximate surface area is 118 Å². The summed E-state index contributed by atoms with van der Waals surface area (Å²) in [6.07, 6.45) is 8.25. The van der Waals surface area contributed by atoms with Crippen molar-refractivity contribution in [2.75, 3.05) is 7.05 Å². The quantitative estimate of drug-likeness (QED) is 0.922. The second-order valence-electron chi connectivity index (χ2n) is 5.69. The van der Waals surface area contributed by atoms with Crippen LogP contribution >= 0.6 is 0 Å². The lowest BCUT2D eigenvalue weighted by Gasteiger charge is -2.29. The van der Waals surface area contributed by atoms with Gasteiger partial charge in [0.05, 0.1) is 6.54 Å². The molecule has 1 N–H and O–H groups in total. The summed E-state index contributed by atoms with van der Waals surface area (Å²) < 4.78 is 3.21. The van der Waals surface area contributed by atoms with E-state index in [2.05, 4.69) is 10.4 Å². The Morgan fingerprint density at radius 1 is 1.35 bits per heavy atom. The number of pyridine rings is 1. The summed E-state index contributed by atoms with van der Waals surface area (Å²) in [6, 6.07) is 5.96. The largest absolute Gasteiger partial charge is 0.350 e. The molecule has 3 rings (SSSR count). The first-order valence-corrected chi connectivity index (χ1v) is 7.51. The minimum absolute atomic E-state index is 0.0448. The van der Waals surface area contributed by atoms with Gasteiger partial charge in [-0.15, -0.1) is 5.10 Å². The highest BCUT2D eigenvalue weighted by Gasteiger charge is 2.23. The maximum atomic E-state index is 12.3. The maximum absolute atomic E-state index is 12.3. The van der Waals surface area contributed by atoms with Gasteiger partial charge < -0.3 is 5.32 Å².